The van der Waals surface area contributed by atoms with Crippen molar-refractivity contribution in [2.45, 2.75) is 23.8 Å². The molecule has 1 fully saturated rings. The average molecular weight is 338 g/mol. The number of nitrogens with zero attached hydrogens (tertiary/aromatic N) is 1. The van der Waals surface area contributed by atoms with Gasteiger partial charge in [-0.05, 0) is 37.1 Å². The lowest BCUT2D eigenvalue weighted by Gasteiger charge is -2.13. The monoisotopic (exact) mass is 338 g/mol. The number of amides is 1. The number of likely N-dealkylation sites (N-methyl/N-ethyl adjacent to an activating group) is 1. The Morgan fingerprint density at radius 3 is 2.78 bits per heavy atom. The second-order valence-corrected chi connectivity index (χ2v) is 7.37. The Morgan fingerprint density at radius 1 is 1.39 bits per heavy atom. The molecule has 124 valence electrons. The summed E-state index contributed by atoms with van der Waals surface area (Å²) >= 11 is 0. The molecule has 0 aliphatic heterocycles. The predicted molar refractivity (Wildman–Crippen MR) is 83.6 cm³/mol. The highest BCUT2D eigenvalue weighted by Crippen LogP contribution is 2.26. The summed E-state index contributed by atoms with van der Waals surface area (Å²) in [6.45, 7) is 0.0541. The molecule has 0 unspecified atom stereocenters. The van der Waals surface area contributed by atoms with Crippen LogP contribution in [0.4, 0.5) is 0 Å². The number of carbonyl (C=O) groups excluding carboxylic acids is 1. The van der Waals surface area contributed by atoms with Crippen molar-refractivity contribution in [2.75, 3.05) is 20.2 Å². The topological polar surface area (TPSA) is 99.9 Å². The number of hydrogen-bond acceptors (Lipinski definition) is 5. The Balaban J connectivity index is 1.90. The second-order valence-electron chi connectivity index (χ2n) is 5.66. The van der Waals surface area contributed by atoms with E-state index in [-0.39, 0.29) is 35.8 Å². The maximum atomic E-state index is 12.2. The lowest BCUT2D eigenvalue weighted by Crippen LogP contribution is -2.29. The van der Waals surface area contributed by atoms with Crippen molar-refractivity contribution in [1.82, 2.24) is 9.62 Å². The Kier molecular flexibility index (Phi) is 4.13. The molecule has 2 aromatic rings. The Labute approximate surface area is 133 Å². The minimum atomic E-state index is -3.54. The zero-order valence-corrected chi connectivity index (χ0v) is 13.5. The molecule has 0 saturated heterocycles. The summed E-state index contributed by atoms with van der Waals surface area (Å²) in [7, 11) is -1.99. The number of furan rings is 1. The third-order valence-electron chi connectivity index (χ3n) is 3.69. The molecule has 1 aliphatic carbocycles. The van der Waals surface area contributed by atoms with E-state index < -0.39 is 10.0 Å². The standard InChI is InChI=1S/C15H18N2O5S/c1-17(6-7-18)15(19)14-9-10-8-12(4-5-13(10)22-14)23(20,21)16-11-2-3-11/h4-5,8-9,11,16,18H,2-3,6-7H2,1H3. The molecule has 1 heterocycles. The molecule has 23 heavy (non-hydrogen) atoms. The van der Waals surface area contributed by atoms with Crippen molar-refractivity contribution in [3.8, 4) is 0 Å². The summed E-state index contributed by atoms with van der Waals surface area (Å²) in [5.74, 6) is -0.253. The van der Waals surface area contributed by atoms with Crippen LogP contribution in [-0.2, 0) is 10.0 Å². The van der Waals surface area contributed by atoms with Crippen molar-refractivity contribution in [1.29, 1.82) is 0 Å². The SMILES string of the molecule is CN(CCO)C(=O)c1cc2cc(S(=O)(=O)NC3CC3)ccc2o1. The third kappa shape index (κ3) is 3.39. The van der Waals surface area contributed by atoms with Gasteiger partial charge in [0, 0.05) is 25.0 Å². The number of carbonyl (C=O) groups is 1. The van der Waals surface area contributed by atoms with Crippen molar-refractivity contribution in [2.24, 2.45) is 0 Å². The number of nitrogens with one attached hydrogen (secondary N) is 1. The van der Waals surface area contributed by atoms with E-state index in [1.807, 2.05) is 0 Å². The molecule has 1 aromatic heterocycles. The molecule has 8 heteroatoms. The summed E-state index contributed by atoms with van der Waals surface area (Å²) in [4.78, 5) is 13.6. The number of hydrogen-bond donors (Lipinski definition) is 2. The molecular formula is C15H18N2O5S. The average Bonchev–Trinajstić information content (AvgIpc) is 3.20. The van der Waals surface area contributed by atoms with Crippen molar-refractivity contribution >= 4 is 26.9 Å². The number of rotatable bonds is 6. The number of fused-ring (bicyclic) bond motifs is 1. The molecule has 1 saturated carbocycles. The smallest absolute Gasteiger partial charge is 0.289 e. The molecule has 0 spiro atoms. The van der Waals surface area contributed by atoms with E-state index in [9.17, 15) is 13.2 Å². The van der Waals surface area contributed by atoms with Crippen LogP contribution in [0.25, 0.3) is 11.0 Å². The van der Waals surface area contributed by atoms with Gasteiger partial charge in [-0.25, -0.2) is 13.1 Å². The van der Waals surface area contributed by atoms with Crippen LogP contribution in [0.1, 0.15) is 23.4 Å². The zero-order valence-electron chi connectivity index (χ0n) is 12.7. The summed E-state index contributed by atoms with van der Waals surface area (Å²) in [5.41, 5.74) is 0.441. The van der Waals surface area contributed by atoms with Gasteiger partial charge in [0.1, 0.15) is 5.58 Å². The molecule has 0 atom stereocenters. The fourth-order valence-electron chi connectivity index (χ4n) is 2.22. The van der Waals surface area contributed by atoms with E-state index >= 15 is 0 Å². The molecular weight excluding hydrogens is 320 g/mol. The highest BCUT2D eigenvalue weighted by molar-refractivity contribution is 7.89. The van der Waals surface area contributed by atoms with Crippen LogP contribution in [0, 0.1) is 0 Å². The zero-order chi connectivity index (χ0) is 16.6. The number of sulfonamides is 1. The Bertz CT molecular complexity index is 839. The third-order valence-corrected chi connectivity index (χ3v) is 5.21. The predicted octanol–water partition coefficient (Wildman–Crippen LogP) is 0.938. The first-order valence-electron chi connectivity index (χ1n) is 7.33. The lowest BCUT2D eigenvalue weighted by atomic mass is 10.2. The van der Waals surface area contributed by atoms with Crippen LogP contribution >= 0.6 is 0 Å². The van der Waals surface area contributed by atoms with Crippen LogP contribution in [0.15, 0.2) is 33.6 Å². The first-order valence-corrected chi connectivity index (χ1v) is 8.81. The summed E-state index contributed by atoms with van der Waals surface area (Å²) in [5, 5.41) is 9.42. The maximum absolute atomic E-state index is 12.2. The highest BCUT2D eigenvalue weighted by Gasteiger charge is 2.28. The molecule has 2 N–H and O–H groups in total. The number of aliphatic hydroxyl groups excluding tert-OH is 1. The van der Waals surface area contributed by atoms with Crippen molar-refractivity contribution in [3.63, 3.8) is 0 Å². The fraction of sp³-hybridized carbons (Fsp3) is 0.400. The lowest BCUT2D eigenvalue weighted by molar-refractivity contribution is 0.0738. The fourth-order valence-corrected chi connectivity index (χ4v) is 3.56. The maximum Gasteiger partial charge on any atom is 0.289 e. The minimum Gasteiger partial charge on any atom is -0.451 e. The van der Waals surface area contributed by atoms with E-state index in [1.165, 1.54) is 23.1 Å². The first kappa shape index (κ1) is 16.0. The van der Waals surface area contributed by atoms with Gasteiger partial charge in [-0.2, -0.15) is 0 Å². The van der Waals surface area contributed by atoms with E-state index in [1.54, 1.807) is 13.1 Å². The summed E-state index contributed by atoms with van der Waals surface area (Å²) in [6, 6.07) is 6.04. The number of aliphatic hydroxyl groups is 1. The number of benzene rings is 1. The molecule has 7 nitrogen and oxygen atoms in total. The van der Waals surface area contributed by atoms with Crippen molar-refractivity contribution in [3.05, 3.63) is 30.0 Å². The van der Waals surface area contributed by atoms with Gasteiger partial charge in [0.15, 0.2) is 5.76 Å². The Hall–Kier alpha value is -1.90. The van der Waals surface area contributed by atoms with Gasteiger partial charge < -0.3 is 14.4 Å². The van der Waals surface area contributed by atoms with Gasteiger partial charge >= 0.3 is 0 Å². The van der Waals surface area contributed by atoms with Gasteiger partial charge in [-0.1, -0.05) is 0 Å². The molecule has 0 bridgehead atoms. The van der Waals surface area contributed by atoms with Gasteiger partial charge in [-0.3, -0.25) is 4.79 Å². The van der Waals surface area contributed by atoms with E-state index in [0.717, 1.165) is 12.8 Å². The molecule has 3 rings (SSSR count). The summed E-state index contributed by atoms with van der Waals surface area (Å²) < 4.78 is 32.5. The largest absolute Gasteiger partial charge is 0.451 e. The van der Waals surface area contributed by atoms with Crippen LogP contribution in [0.5, 0.6) is 0 Å². The van der Waals surface area contributed by atoms with E-state index in [4.69, 9.17) is 9.52 Å². The molecule has 1 amide bonds. The molecule has 1 aromatic carbocycles. The highest BCUT2D eigenvalue weighted by atomic mass is 32.2. The quantitative estimate of drug-likeness (QED) is 0.816. The molecule has 1 aliphatic rings. The molecule has 0 radical (unpaired) electrons. The van der Waals surface area contributed by atoms with Gasteiger partial charge in [0.05, 0.1) is 11.5 Å². The van der Waals surface area contributed by atoms with Crippen molar-refractivity contribution < 1.29 is 22.7 Å². The van der Waals surface area contributed by atoms with Gasteiger partial charge in [0.2, 0.25) is 10.0 Å². The van der Waals surface area contributed by atoms with E-state index in [0.29, 0.717) is 11.0 Å². The second kappa shape index (κ2) is 5.95. The van der Waals surface area contributed by atoms with Gasteiger partial charge in [-0.15, -0.1) is 0 Å². The van der Waals surface area contributed by atoms with Crippen LogP contribution < -0.4 is 4.72 Å². The van der Waals surface area contributed by atoms with Crippen LogP contribution in [0.3, 0.4) is 0 Å². The van der Waals surface area contributed by atoms with Crippen LogP contribution in [-0.4, -0.2) is 50.6 Å². The Morgan fingerprint density at radius 2 is 2.13 bits per heavy atom. The van der Waals surface area contributed by atoms with Crippen LogP contribution in [0.2, 0.25) is 0 Å². The van der Waals surface area contributed by atoms with E-state index in [2.05, 4.69) is 4.72 Å². The summed E-state index contributed by atoms with van der Waals surface area (Å²) in [6.07, 6.45) is 1.73. The first-order chi connectivity index (χ1) is 10.9. The normalized spacial score (nSPS) is 15.0. The minimum absolute atomic E-state index is 0.0318. The van der Waals surface area contributed by atoms with Gasteiger partial charge in [0.25, 0.3) is 5.91 Å².